The van der Waals surface area contributed by atoms with Crippen molar-refractivity contribution < 1.29 is 14.2 Å². The summed E-state index contributed by atoms with van der Waals surface area (Å²) in [5, 5.41) is 5.78. The van der Waals surface area contributed by atoms with E-state index in [1.807, 2.05) is 13.8 Å². The number of benzene rings is 1. The normalized spacial score (nSPS) is 29.7. The van der Waals surface area contributed by atoms with E-state index in [9.17, 15) is 0 Å². The summed E-state index contributed by atoms with van der Waals surface area (Å²) in [6.45, 7) is 3.80. The van der Waals surface area contributed by atoms with Gasteiger partial charge in [0.2, 0.25) is 0 Å². The molecular weight excluding hydrogens is 403 g/mol. The minimum absolute atomic E-state index is 0.136. The van der Waals surface area contributed by atoms with Gasteiger partial charge in [-0.1, -0.05) is 39.9 Å². The smallest absolute Gasteiger partial charge is 0.164 e. The van der Waals surface area contributed by atoms with Crippen LogP contribution in [0.15, 0.2) is 23.3 Å². The maximum Gasteiger partial charge on any atom is 0.164 e. The zero-order chi connectivity index (χ0) is 18.6. The van der Waals surface area contributed by atoms with E-state index in [0.717, 1.165) is 10.9 Å². The SMILES string of the molecule is CC1(C)O[C@@H]2[C@H](O1)[C@@H](CN=[N+]=[N-])O[C@H]2n1c(Cl)cc2cc(Cl)c(Cl)cc21. The number of rotatable bonds is 3. The van der Waals surface area contributed by atoms with Crippen LogP contribution < -0.4 is 0 Å². The lowest BCUT2D eigenvalue weighted by molar-refractivity contribution is -0.194. The summed E-state index contributed by atoms with van der Waals surface area (Å²) in [6, 6.07) is 5.28. The molecule has 0 bridgehead atoms. The number of hydrogen-bond donors (Lipinski definition) is 0. The molecule has 0 unspecified atom stereocenters. The first-order valence-corrected chi connectivity index (χ1v) is 9.11. The molecule has 3 heterocycles. The van der Waals surface area contributed by atoms with Crippen molar-refractivity contribution in [3.8, 4) is 0 Å². The monoisotopic (exact) mass is 416 g/mol. The summed E-state index contributed by atoms with van der Waals surface area (Å²) in [4.78, 5) is 2.81. The Hall–Kier alpha value is -1.18. The summed E-state index contributed by atoms with van der Waals surface area (Å²) in [7, 11) is 0. The lowest BCUT2D eigenvalue weighted by atomic mass is 10.1. The zero-order valence-electron chi connectivity index (χ0n) is 13.9. The summed E-state index contributed by atoms with van der Waals surface area (Å²) < 4.78 is 19.9. The molecule has 2 saturated heterocycles. The van der Waals surface area contributed by atoms with Crippen LogP contribution in [-0.2, 0) is 14.2 Å². The number of hydrogen-bond acceptors (Lipinski definition) is 4. The standard InChI is InChI=1S/C16H15Cl3N4O3/c1-16(2)25-13-11(6-21-22-20)24-15(14(13)26-16)23-10-5-9(18)8(17)3-7(10)4-12(23)19/h3-5,11,13-15H,6H2,1-2H3/t11-,13-,14-,15-/m1/s1. The topological polar surface area (TPSA) is 81.4 Å². The second-order valence-corrected chi connectivity index (χ2v) is 7.91. The highest BCUT2D eigenvalue weighted by molar-refractivity contribution is 6.43. The van der Waals surface area contributed by atoms with E-state index in [0.29, 0.717) is 15.2 Å². The molecule has 2 aromatic rings. The molecule has 4 atom stereocenters. The molecule has 0 amide bonds. The van der Waals surface area contributed by atoms with Crippen molar-refractivity contribution in [3.63, 3.8) is 0 Å². The molecule has 4 rings (SSSR count). The van der Waals surface area contributed by atoms with Gasteiger partial charge in [0.05, 0.1) is 28.2 Å². The Morgan fingerprint density at radius 2 is 1.85 bits per heavy atom. The molecular formula is C16H15Cl3N4O3. The van der Waals surface area contributed by atoms with E-state index in [1.165, 1.54) is 0 Å². The molecule has 1 aromatic carbocycles. The van der Waals surface area contributed by atoms with Gasteiger partial charge in [-0.3, -0.25) is 0 Å². The van der Waals surface area contributed by atoms with Crippen LogP contribution in [0.25, 0.3) is 21.3 Å². The van der Waals surface area contributed by atoms with Crippen LogP contribution in [0.2, 0.25) is 15.2 Å². The van der Waals surface area contributed by atoms with Gasteiger partial charge in [0, 0.05) is 10.3 Å². The van der Waals surface area contributed by atoms with Crippen molar-refractivity contribution in [3.05, 3.63) is 43.8 Å². The van der Waals surface area contributed by atoms with Crippen LogP contribution in [0.1, 0.15) is 20.1 Å². The minimum Gasteiger partial charge on any atom is -0.349 e. The highest BCUT2D eigenvalue weighted by atomic mass is 35.5. The molecule has 0 spiro atoms. The van der Waals surface area contributed by atoms with Crippen LogP contribution in [0.5, 0.6) is 0 Å². The van der Waals surface area contributed by atoms with Gasteiger partial charge in [-0.25, -0.2) is 0 Å². The van der Waals surface area contributed by atoms with Gasteiger partial charge >= 0.3 is 0 Å². The minimum atomic E-state index is -0.775. The van der Waals surface area contributed by atoms with Crippen molar-refractivity contribution in [2.75, 3.05) is 6.54 Å². The van der Waals surface area contributed by atoms with Gasteiger partial charge in [0.1, 0.15) is 17.4 Å². The molecule has 0 saturated carbocycles. The third kappa shape index (κ3) is 2.94. The highest BCUT2D eigenvalue weighted by Crippen LogP contribution is 2.46. The Bertz CT molecular complexity index is 925. The maximum atomic E-state index is 8.64. The number of ether oxygens (including phenoxy) is 3. The van der Waals surface area contributed by atoms with Crippen molar-refractivity contribution in [2.45, 2.75) is 44.2 Å². The quantitative estimate of drug-likeness (QED) is 0.384. The maximum absolute atomic E-state index is 8.64. The van der Waals surface area contributed by atoms with Gasteiger partial charge < -0.3 is 18.8 Å². The number of nitrogens with zero attached hydrogens (tertiary/aromatic N) is 4. The number of halogens is 3. The van der Waals surface area contributed by atoms with Gasteiger partial charge in [0.15, 0.2) is 12.0 Å². The Balaban J connectivity index is 1.79. The predicted molar refractivity (Wildman–Crippen MR) is 98.7 cm³/mol. The van der Waals surface area contributed by atoms with Crippen molar-refractivity contribution in [2.24, 2.45) is 5.11 Å². The number of fused-ring (bicyclic) bond motifs is 2. The molecule has 0 N–H and O–H groups in total. The Kier molecular flexibility index (Phi) is 4.52. The summed E-state index contributed by atoms with van der Waals surface area (Å²) in [6.07, 6.45) is -1.79. The van der Waals surface area contributed by atoms with Gasteiger partial charge in [-0.05, 0) is 37.6 Å². The molecule has 138 valence electrons. The first kappa shape index (κ1) is 18.2. The highest BCUT2D eigenvalue weighted by Gasteiger charge is 2.56. The lowest BCUT2D eigenvalue weighted by Crippen LogP contribution is -2.31. The summed E-state index contributed by atoms with van der Waals surface area (Å²) >= 11 is 18.8. The average molecular weight is 418 g/mol. The molecule has 2 aliphatic heterocycles. The third-order valence-electron chi connectivity index (χ3n) is 4.54. The molecule has 7 nitrogen and oxygen atoms in total. The van der Waals surface area contributed by atoms with E-state index >= 15 is 0 Å². The fourth-order valence-electron chi connectivity index (χ4n) is 3.58. The van der Waals surface area contributed by atoms with E-state index in [1.54, 1.807) is 22.8 Å². The Labute approximate surface area is 164 Å². The van der Waals surface area contributed by atoms with E-state index in [4.69, 9.17) is 54.5 Å². The fourth-order valence-corrected chi connectivity index (χ4v) is 4.21. The average Bonchev–Trinajstić information content (AvgIpc) is 3.14. The van der Waals surface area contributed by atoms with Crippen LogP contribution >= 0.6 is 34.8 Å². The largest absolute Gasteiger partial charge is 0.349 e. The van der Waals surface area contributed by atoms with Crippen molar-refractivity contribution in [1.82, 2.24) is 4.57 Å². The van der Waals surface area contributed by atoms with Crippen molar-refractivity contribution in [1.29, 1.82) is 0 Å². The number of aromatic nitrogens is 1. The third-order valence-corrected chi connectivity index (χ3v) is 5.55. The number of azide groups is 1. The van der Waals surface area contributed by atoms with Crippen molar-refractivity contribution >= 4 is 45.7 Å². The van der Waals surface area contributed by atoms with Crippen LogP contribution in [0.3, 0.4) is 0 Å². The lowest BCUT2D eigenvalue weighted by Gasteiger charge is -2.25. The van der Waals surface area contributed by atoms with Gasteiger partial charge in [-0.15, -0.1) is 0 Å². The van der Waals surface area contributed by atoms with E-state index in [2.05, 4.69) is 10.0 Å². The molecule has 26 heavy (non-hydrogen) atoms. The van der Waals surface area contributed by atoms with E-state index < -0.39 is 24.2 Å². The molecule has 0 aliphatic carbocycles. The Morgan fingerprint density at radius 3 is 2.58 bits per heavy atom. The predicted octanol–water partition coefficient (Wildman–Crippen LogP) is 5.33. The summed E-state index contributed by atoms with van der Waals surface area (Å²) in [5.41, 5.74) is 9.41. The van der Waals surface area contributed by atoms with Crippen LogP contribution in [0.4, 0.5) is 0 Å². The first-order chi connectivity index (χ1) is 12.3. The first-order valence-electron chi connectivity index (χ1n) is 7.98. The Morgan fingerprint density at radius 1 is 1.15 bits per heavy atom. The summed E-state index contributed by atoms with van der Waals surface area (Å²) in [5.74, 6) is -0.775. The second-order valence-electron chi connectivity index (χ2n) is 6.71. The molecule has 0 radical (unpaired) electrons. The fraction of sp³-hybridized carbons (Fsp3) is 0.500. The van der Waals surface area contributed by atoms with Gasteiger partial charge in [0.25, 0.3) is 0 Å². The van der Waals surface area contributed by atoms with E-state index in [-0.39, 0.29) is 12.6 Å². The molecule has 1 aromatic heterocycles. The van der Waals surface area contributed by atoms with Crippen LogP contribution in [-0.4, -0.2) is 35.2 Å². The second kappa shape index (κ2) is 6.46. The van der Waals surface area contributed by atoms with Crippen LogP contribution in [0, 0.1) is 0 Å². The molecule has 2 aliphatic rings. The molecule has 10 heteroatoms. The van der Waals surface area contributed by atoms with Gasteiger partial charge in [-0.2, -0.15) is 0 Å². The molecule has 2 fully saturated rings. The zero-order valence-corrected chi connectivity index (χ0v) is 16.2.